The van der Waals surface area contributed by atoms with Crippen molar-refractivity contribution < 1.29 is 32.6 Å². The molecule has 3 atom stereocenters. The average molecular weight is 433 g/mol. The lowest BCUT2D eigenvalue weighted by molar-refractivity contribution is -0.149. The van der Waals surface area contributed by atoms with Crippen LogP contribution in [0.15, 0.2) is 0 Å². The van der Waals surface area contributed by atoms with Crippen LogP contribution >= 0.6 is 0 Å². The van der Waals surface area contributed by atoms with Crippen LogP contribution in [-0.2, 0) is 23.9 Å². The van der Waals surface area contributed by atoms with E-state index in [1.807, 2.05) is 6.92 Å². The van der Waals surface area contributed by atoms with Crippen molar-refractivity contribution in [2.75, 3.05) is 7.11 Å². The predicted molar refractivity (Wildman–Crippen MR) is 110 cm³/mol. The number of rotatable bonds is 15. The number of methoxy groups -OCH3 is 1. The molecule has 0 aromatic carbocycles. The largest absolute Gasteiger partial charge is 0.469 e. The highest BCUT2D eigenvalue weighted by molar-refractivity contribution is 5.85. The van der Waals surface area contributed by atoms with Crippen molar-refractivity contribution in [3.8, 4) is 0 Å². The van der Waals surface area contributed by atoms with Crippen LogP contribution in [0.3, 0.4) is 0 Å². The second kappa shape index (κ2) is 13.7. The van der Waals surface area contributed by atoms with Crippen molar-refractivity contribution in [1.82, 2.24) is 0 Å². The highest BCUT2D eigenvalue weighted by atomic mass is 19.3. The highest BCUT2D eigenvalue weighted by Crippen LogP contribution is 2.41. The SMILES string of the molecule is CCCCC(F)(F)C(=O)CC[C@H]1CCC(OC(C)=O)C1CCCCCCC(=O)OC. The van der Waals surface area contributed by atoms with Gasteiger partial charge in [0, 0.05) is 26.2 Å². The molecule has 0 spiro atoms. The van der Waals surface area contributed by atoms with Crippen molar-refractivity contribution in [3.05, 3.63) is 0 Å². The molecule has 0 N–H and O–H groups in total. The van der Waals surface area contributed by atoms with E-state index in [1.165, 1.54) is 14.0 Å². The molecule has 0 radical (unpaired) electrons. The lowest BCUT2D eigenvalue weighted by Crippen LogP contribution is -2.30. The Hall–Kier alpha value is -1.53. The van der Waals surface area contributed by atoms with Gasteiger partial charge in [0.1, 0.15) is 6.10 Å². The third-order valence-corrected chi connectivity index (χ3v) is 6.11. The molecule has 0 aliphatic heterocycles. The van der Waals surface area contributed by atoms with Gasteiger partial charge in [0.05, 0.1) is 7.11 Å². The Balaban J connectivity index is 2.52. The fourth-order valence-corrected chi connectivity index (χ4v) is 4.39. The zero-order valence-electron chi connectivity index (χ0n) is 18.7. The molecule has 1 rings (SSSR count). The first-order valence-electron chi connectivity index (χ1n) is 11.4. The number of hydrogen-bond donors (Lipinski definition) is 0. The lowest BCUT2D eigenvalue weighted by Gasteiger charge is -2.25. The molecule has 0 amide bonds. The van der Waals surface area contributed by atoms with E-state index in [4.69, 9.17) is 4.74 Å². The van der Waals surface area contributed by atoms with Gasteiger partial charge in [-0.1, -0.05) is 32.6 Å². The Bertz CT molecular complexity index is 550. The summed E-state index contributed by atoms with van der Waals surface area (Å²) in [5, 5.41) is 0. The summed E-state index contributed by atoms with van der Waals surface area (Å²) in [6.45, 7) is 3.21. The summed E-state index contributed by atoms with van der Waals surface area (Å²) in [5.74, 6) is -4.51. The quantitative estimate of drug-likeness (QED) is 0.248. The molecule has 0 aromatic heterocycles. The van der Waals surface area contributed by atoms with Crippen LogP contribution < -0.4 is 0 Å². The number of ether oxygens (including phenoxy) is 2. The Kier molecular flexibility index (Phi) is 12.1. The summed E-state index contributed by atoms with van der Waals surface area (Å²) in [5.41, 5.74) is 0. The third-order valence-electron chi connectivity index (χ3n) is 6.11. The Labute approximate surface area is 179 Å². The summed E-state index contributed by atoms with van der Waals surface area (Å²) in [4.78, 5) is 34.6. The molecule has 0 aromatic rings. The number of halogens is 2. The van der Waals surface area contributed by atoms with Crippen molar-refractivity contribution in [3.63, 3.8) is 0 Å². The predicted octanol–water partition coefficient (Wildman–Crippen LogP) is 5.63. The highest BCUT2D eigenvalue weighted by Gasteiger charge is 2.41. The molecule has 30 heavy (non-hydrogen) atoms. The molecule has 0 saturated heterocycles. The maximum Gasteiger partial charge on any atom is 0.305 e. The smallest absolute Gasteiger partial charge is 0.305 e. The molecule has 0 bridgehead atoms. The first-order chi connectivity index (χ1) is 14.2. The zero-order chi connectivity index (χ0) is 22.6. The number of ketones is 1. The molecule has 1 saturated carbocycles. The van der Waals surface area contributed by atoms with Crippen LogP contribution in [0.1, 0.15) is 97.3 Å². The molecule has 7 heteroatoms. The van der Waals surface area contributed by atoms with E-state index in [0.717, 1.165) is 44.9 Å². The van der Waals surface area contributed by atoms with Gasteiger partial charge in [-0.05, 0) is 50.4 Å². The van der Waals surface area contributed by atoms with Crippen LogP contribution in [0.4, 0.5) is 8.78 Å². The summed E-state index contributed by atoms with van der Waals surface area (Å²) >= 11 is 0. The van der Waals surface area contributed by atoms with Gasteiger partial charge in [0.15, 0.2) is 0 Å². The van der Waals surface area contributed by atoms with Gasteiger partial charge in [-0.3, -0.25) is 14.4 Å². The topological polar surface area (TPSA) is 69.7 Å². The van der Waals surface area contributed by atoms with Crippen molar-refractivity contribution >= 4 is 17.7 Å². The Morgan fingerprint density at radius 2 is 1.67 bits per heavy atom. The minimum atomic E-state index is -3.24. The molecule has 1 aliphatic carbocycles. The first kappa shape index (κ1) is 26.5. The molecular formula is C23H38F2O5. The van der Waals surface area contributed by atoms with Crippen LogP contribution in [0, 0.1) is 11.8 Å². The van der Waals surface area contributed by atoms with E-state index in [9.17, 15) is 23.2 Å². The van der Waals surface area contributed by atoms with Gasteiger partial charge in [-0.25, -0.2) is 0 Å². The van der Waals surface area contributed by atoms with Gasteiger partial charge in [0.2, 0.25) is 5.78 Å². The van der Waals surface area contributed by atoms with Crippen molar-refractivity contribution in [2.24, 2.45) is 11.8 Å². The maximum absolute atomic E-state index is 14.0. The minimum absolute atomic E-state index is 0.103. The third kappa shape index (κ3) is 9.52. The number of carbonyl (C=O) groups excluding carboxylic acids is 3. The number of Topliss-reactive ketones (excluding diaryl/α,β-unsaturated/α-hetero) is 1. The molecule has 5 nitrogen and oxygen atoms in total. The summed E-state index contributed by atoms with van der Waals surface area (Å²) in [6, 6.07) is 0. The number of esters is 2. The second-order valence-corrected chi connectivity index (χ2v) is 8.45. The van der Waals surface area contributed by atoms with Gasteiger partial charge >= 0.3 is 17.9 Å². The van der Waals surface area contributed by atoms with E-state index >= 15 is 0 Å². The van der Waals surface area contributed by atoms with Gasteiger partial charge in [-0.15, -0.1) is 0 Å². The number of unbranched alkanes of at least 4 members (excludes halogenated alkanes) is 4. The van der Waals surface area contributed by atoms with Crippen LogP contribution in [0.2, 0.25) is 0 Å². The zero-order valence-corrected chi connectivity index (χ0v) is 18.7. The standard InChI is InChI=1S/C23H38F2O5/c1-4-5-16-23(24,25)21(27)15-13-18-12-14-20(30-17(2)26)19(18)10-8-6-7-9-11-22(28)29-3/h18-20H,4-16H2,1-3H3/t18-,19?,20?/m1/s1. The van der Waals surface area contributed by atoms with Gasteiger partial charge in [0.25, 0.3) is 0 Å². The summed E-state index contributed by atoms with van der Waals surface area (Å²) in [7, 11) is 1.38. The number of carbonyl (C=O) groups is 3. The minimum Gasteiger partial charge on any atom is -0.469 e. The molecule has 0 heterocycles. The van der Waals surface area contributed by atoms with E-state index in [-0.39, 0.29) is 42.7 Å². The Morgan fingerprint density at radius 3 is 2.30 bits per heavy atom. The fraction of sp³-hybridized carbons (Fsp3) is 0.870. The summed E-state index contributed by atoms with van der Waals surface area (Å²) < 4.78 is 38.1. The number of hydrogen-bond acceptors (Lipinski definition) is 5. The van der Waals surface area contributed by atoms with Crippen LogP contribution in [0.25, 0.3) is 0 Å². The first-order valence-corrected chi connectivity index (χ1v) is 11.4. The number of alkyl halides is 2. The van der Waals surface area contributed by atoms with Gasteiger partial charge < -0.3 is 9.47 Å². The Morgan fingerprint density at radius 1 is 0.967 bits per heavy atom. The molecule has 1 fully saturated rings. The van der Waals surface area contributed by atoms with E-state index < -0.39 is 11.7 Å². The molecular weight excluding hydrogens is 394 g/mol. The van der Waals surface area contributed by atoms with Crippen molar-refractivity contribution in [2.45, 2.75) is 109 Å². The van der Waals surface area contributed by atoms with Gasteiger partial charge in [-0.2, -0.15) is 8.78 Å². The van der Waals surface area contributed by atoms with E-state index in [2.05, 4.69) is 4.74 Å². The van der Waals surface area contributed by atoms with E-state index in [0.29, 0.717) is 25.7 Å². The maximum atomic E-state index is 14.0. The van der Waals surface area contributed by atoms with Crippen LogP contribution in [0.5, 0.6) is 0 Å². The normalized spacial score (nSPS) is 21.4. The van der Waals surface area contributed by atoms with E-state index in [1.54, 1.807) is 0 Å². The molecule has 1 aliphatic rings. The second-order valence-electron chi connectivity index (χ2n) is 8.45. The summed E-state index contributed by atoms with van der Waals surface area (Å²) in [6.07, 6.45) is 7.01. The van der Waals surface area contributed by atoms with Crippen LogP contribution in [-0.4, -0.2) is 36.9 Å². The fourth-order valence-electron chi connectivity index (χ4n) is 4.39. The lowest BCUT2D eigenvalue weighted by atomic mass is 9.85. The van der Waals surface area contributed by atoms with Crippen molar-refractivity contribution in [1.29, 1.82) is 0 Å². The molecule has 174 valence electrons. The average Bonchev–Trinajstić information content (AvgIpc) is 3.07. The monoisotopic (exact) mass is 432 g/mol. The molecule has 2 unspecified atom stereocenters.